The van der Waals surface area contributed by atoms with Gasteiger partial charge in [-0.2, -0.15) is 0 Å². The first kappa shape index (κ1) is 19.0. The molecule has 1 fully saturated rings. The number of benzene rings is 1. The van der Waals surface area contributed by atoms with Gasteiger partial charge in [0.1, 0.15) is 10.8 Å². The molecule has 6 heteroatoms. The molecular weight excluding hydrogens is 349 g/mol. The zero-order chi connectivity index (χ0) is 18.5. The Balaban J connectivity index is 1.72. The number of carbonyl (C=O) groups excluding carboxylic acids is 1. The van der Waals surface area contributed by atoms with E-state index < -0.39 is 0 Å². The van der Waals surface area contributed by atoms with E-state index in [4.69, 9.17) is 0 Å². The van der Waals surface area contributed by atoms with Crippen molar-refractivity contribution in [1.82, 2.24) is 10.2 Å². The topological polar surface area (TPSA) is 46.1 Å². The molecule has 1 heterocycles. The van der Waals surface area contributed by atoms with Crippen LogP contribution in [-0.4, -0.2) is 22.6 Å². The molecule has 3 rings (SSSR count). The third-order valence-electron chi connectivity index (χ3n) is 4.83. The summed E-state index contributed by atoms with van der Waals surface area (Å²) in [4.78, 5) is 14.6. The van der Waals surface area contributed by atoms with E-state index in [-0.39, 0.29) is 11.7 Å². The first-order valence-electron chi connectivity index (χ1n) is 9.42. The monoisotopic (exact) mass is 375 g/mol. The van der Waals surface area contributed by atoms with Crippen LogP contribution in [-0.2, 0) is 4.79 Å². The molecule has 0 N–H and O–H groups in total. The van der Waals surface area contributed by atoms with Crippen LogP contribution in [0, 0.1) is 17.7 Å². The molecule has 140 valence electrons. The summed E-state index contributed by atoms with van der Waals surface area (Å²) >= 11 is 1.39. The molecule has 0 atom stereocenters. The Morgan fingerprint density at radius 2 is 1.92 bits per heavy atom. The predicted molar refractivity (Wildman–Crippen MR) is 104 cm³/mol. The maximum absolute atomic E-state index is 13.1. The summed E-state index contributed by atoms with van der Waals surface area (Å²) in [6, 6.07) is 6.20. The lowest BCUT2D eigenvalue weighted by Crippen LogP contribution is -2.34. The van der Waals surface area contributed by atoms with E-state index in [1.165, 1.54) is 49.2 Å². The Hall–Kier alpha value is -1.82. The molecule has 0 saturated heterocycles. The van der Waals surface area contributed by atoms with Gasteiger partial charge in [0.25, 0.3) is 0 Å². The summed E-state index contributed by atoms with van der Waals surface area (Å²) in [6.45, 7) is 4.83. The maximum Gasteiger partial charge on any atom is 0.228 e. The highest BCUT2D eigenvalue weighted by molar-refractivity contribution is 7.18. The second-order valence-electron chi connectivity index (χ2n) is 7.48. The number of aromatic nitrogens is 2. The molecule has 2 aromatic rings. The molecule has 0 radical (unpaired) electrons. The van der Waals surface area contributed by atoms with E-state index in [1.807, 2.05) is 0 Å². The van der Waals surface area contributed by atoms with Gasteiger partial charge < -0.3 is 0 Å². The number of nitrogens with zero attached hydrogens (tertiary/aromatic N) is 3. The zero-order valence-electron chi connectivity index (χ0n) is 15.4. The SMILES string of the molecule is CC(C)CN(C(=O)CCC1CCCC1)c1nnc(-c2ccc(F)cc2)s1. The van der Waals surface area contributed by atoms with Crippen LogP contribution in [0.15, 0.2) is 24.3 Å². The normalized spacial score (nSPS) is 14.9. The maximum atomic E-state index is 13.1. The van der Waals surface area contributed by atoms with Gasteiger partial charge in [0, 0.05) is 18.5 Å². The Kier molecular flexibility index (Phi) is 6.35. The van der Waals surface area contributed by atoms with Crippen molar-refractivity contribution in [3.63, 3.8) is 0 Å². The van der Waals surface area contributed by atoms with Crippen LogP contribution in [0.4, 0.5) is 9.52 Å². The smallest absolute Gasteiger partial charge is 0.228 e. The molecule has 1 aliphatic carbocycles. The highest BCUT2D eigenvalue weighted by Gasteiger charge is 2.23. The lowest BCUT2D eigenvalue weighted by atomic mass is 10.0. The van der Waals surface area contributed by atoms with E-state index in [1.54, 1.807) is 17.0 Å². The van der Waals surface area contributed by atoms with Gasteiger partial charge in [-0.3, -0.25) is 9.69 Å². The highest BCUT2D eigenvalue weighted by Crippen LogP contribution is 2.32. The van der Waals surface area contributed by atoms with Crippen LogP contribution < -0.4 is 4.90 Å². The van der Waals surface area contributed by atoms with Crippen molar-refractivity contribution in [3.8, 4) is 10.6 Å². The van der Waals surface area contributed by atoms with Crippen molar-refractivity contribution < 1.29 is 9.18 Å². The fourth-order valence-electron chi connectivity index (χ4n) is 3.45. The fourth-order valence-corrected chi connectivity index (χ4v) is 4.32. The molecule has 1 amide bonds. The average Bonchev–Trinajstić information content (AvgIpc) is 3.30. The van der Waals surface area contributed by atoms with E-state index in [9.17, 15) is 9.18 Å². The zero-order valence-corrected chi connectivity index (χ0v) is 16.3. The molecule has 1 saturated carbocycles. The summed E-state index contributed by atoms with van der Waals surface area (Å²) in [5, 5.41) is 9.81. The third kappa shape index (κ3) is 4.87. The number of halogens is 1. The van der Waals surface area contributed by atoms with E-state index in [2.05, 4.69) is 24.0 Å². The number of hydrogen-bond donors (Lipinski definition) is 0. The predicted octanol–water partition coefficient (Wildman–Crippen LogP) is 5.30. The van der Waals surface area contributed by atoms with Crippen molar-refractivity contribution in [1.29, 1.82) is 0 Å². The van der Waals surface area contributed by atoms with Gasteiger partial charge in [-0.25, -0.2) is 4.39 Å². The first-order chi connectivity index (χ1) is 12.5. The van der Waals surface area contributed by atoms with E-state index >= 15 is 0 Å². The molecule has 1 aromatic carbocycles. The molecule has 26 heavy (non-hydrogen) atoms. The van der Waals surface area contributed by atoms with Crippen molar-refractivity contribution in [3.05, 3.63) is 30.1 Å². The minimum Gasteiger partial charge on any atom is -0.286 e. The molecule has 0 bridgehead atoms. The van der Waals surface area contributed by atoms with Gasteiger partial charge in [0.2, 0.25) is 11.0 Å². The first-order valence-corrected chi connectivity index (χ1v) is 10.2. The Bertz CT molecular complexity index is 723. The fraction of sp³-hybridized carbons (Fsp3) is 0.550. The second kappa shape index (κ2) is 8.71. The van der Waals surface area contributed by atoms with Crippen molar-refractivity contribution in [2.45, 2.75) is 52.4 Å². The molecule has 0 spiro atoms. The Labute approximate surface area is 158 Å². The van der Waals surface area contributed by atoms with E-state index in [0.717, 1.165) is 12.0 Å². The van der Waals surface area contributed by atoms with Gasteiger partial charge in [0.05, 0.1) is 0 Å². The molecule has 1 aliphatic rings. The lowest BCUT2D eigenvalue weighted by molar-refractivity contribution is -0.119. The highest BCUT2D eigenvalue weighted by atomic mass is 32.1. The number of carbonyl (C=O) groups is 1. The average molecular weight is 376 g/mol. The van der Waals surface area contributed by atoms with Crippen molar-refractivity contribution in [2.75, 3.05) is 11.4 Å². The third-order valence-corrected chi connectivity index (χ3v) is 5.82. The number of rotatable bonds is 7. The van der Waals surface area contributed by atoms with Crippen molar-refractivity contribution >= 4 is 22.4 Å². The van der Waals surface area contributed by atoms with E-state index in [0.29, 0.717) is 34.9 Å². The molecule has 1 aromatic heterocycles. The molecule has 4 nitrogen and oxygen atoms in total. The largest absolute Gasteiger partial charge is 0.286 e. The lowest BCUT2D eigenvalue weighted by Gasteiger charge is -2.22. The Morgan fingerprint density at radius 3 is 2.58 bits per heavy atom. The molecule has 0 aliphatic heterocycles. The summed E-state index contributed by atoms with van der Waals surface area (Å²) in [7, 11) is 0. The number of amides is 1. The summed E-state index contributed by atoms with van der Waals surface area (Å²) in [6.07, 6.45) is 6.65. The quantitative estimate of drug-likeness (QED) is 0.659. The number of anilines is 1. The van der Waals surface area contributed by atoms with Gasteiger partial charge in [0.15, 0.2) is 0 Å². The van der Waals surface area contributed by atoms with Gasteiger partial charge in [-0.05, 0) is 42.5 Å². The van der Waals surface area contributed by atoms with Gasteiger partial charge in [-0.15, -0.1) is 10.2 Å². The van der Waals surface area contributed by atoms with Gasteiger partial charge >= 0.3 is 0 Å². The summed E-state index contributed by atoms with van der Waals surface area (Å²) in [5.41, 5.74) is 0.818. The minimum atomic E-state index is -0.276. The minimum absolute atomic E-state index is 0.132. The van der Waals surface area contributed by atoms with Crippen LogP contribution in [0.2, 0.25) is 0 Å². The summed E-state index contributed by atoms with van der Waals surface area (Å²) < 4.78 is 13.1. The second-order valence-corrected chi connectivity index (χ2v) is 8.44. The molecular formula is C20H26FN3OS. The standard InChI is InChI=1S/C20H26FN3OS/c1-14(2)13-24(18(25)12-7-15-5-3-4-6-15)20-23-22-19(26-20)16-8-10-17(21)11-9-16/h8-11,14-15H,3-7,12-13H2,1-2H3. The van der Waals surface area contributed by atoms with Crippen molar-refractivity contribution in [2.24, 2.45) is 11.8 Å². The van der Waals surface area contributed by atoms with Crippen LogP contribution >= 0.6 is 11.3 Å². The summed E-state index contributed by atoms with van der Waals surface area (Å²) in [5.74, 6) is 0.905. The van der Waals surface area contributed by atoms with Crippen LogP contribution in [0.3, 0.4) is 0 Å². The van der Waals surface area contributed by atoms with Crippen LogP contribution in [0.1, 0.15) is 52.4 Å². The Morgan fingerprint density at radius 1 is 1.23 bits per heavy atom. The number of hydrogen-bond acceptors (Lipinski definition) is 4. The molecule has 0 unspecified atom stereocenters. The van der Waals surface area contributed by atoms with Gasteiger partial charge in [-0.1, -0.05) is 50.9 Å². The van der Waals surface area contributed by atoms with Crippen LogP contribution in [0.5, 0.6) is 0 Å². The van der Waals surface area contributed by atoms with Crippen LogP contribution in [0.25, 0.3) is 10.6 Å².